The normalized spacial score (nSPS) is 13.6. The van der Waals surface area contributed by atoms with Gasteiger partial charge < -0.3 is 10.6 Å². The van der Waals surface area contributed by atoms with Crippen molar-refractivity contribution in [2.24, 2.45) is 5.92 Å². The Bertz CT molecular complexity index is 273. The topological polar surface area (TPSA) is 58.2 Å². The van der Waals surface area contributed by atoms with Crippen LogP contribution in [0.5, 0.6) is 0 Å². The van der Waals surface area contributed by atoms with Gasteiger partial charge in [-0.3, -0.25) is 9.59 Å². The third-order valence-corrected chi connectivity index (χ3v) is 2.79. The van der Waals surface area contributed by atoms with Crippen LogP contribution in [0, 0.1) is 5.92 Å². The molecule has 0 aromatic heterocycles. The van der Waals surface area contributed by atoms with Gasteiger partial charge in [0.2, 0.25) is 5.91 Å². The molecule has 0 aliphatic rings. The number of rotatable bonds is 7. The lowest BCUT2D eigenvalue weighted by Crippen LogP contribution is -2.55. The van der Waals surface area contributed by atoms with Crippen LogP contribution in [-0.2, 0) is 9.59 Å². The van der Waals surface area contributed by atoms with Crippen LogP contribution < -0.4 is 10.6 Å². The fourth-order valence-electron chi connectivity index (χ4n) is 1.48. The van der Waals surface area contributed by atoms with E-state index in [1.54, 1.807) is 13.8 Å². The zero-order chi connectivity index (χ0) is 13.6. The fraction of sp³-hybridized carbons (Fsp3) is 0.846. The smallest absolute Gasteiger partial charge is 0.237 e. The number of carbonyl (C=O) groups excluding carboxylic acids is 2. The lowest BCUT2D eigenvalue weighted by atomic mass is 9.97. The summed E-state index contributed by atoms with van der Waals surface area (Å²) in [5, 5.41) is 5.95. The van der Waals surface area contributed by atoms with Crippen LogP contribution in [0.25, 0.3) is 0 Å². The first-order chi connectivity index (χ1) is 7.70. The predicted octanol–water partition coefficient (Wildman–Crippen LogP) is 1.49. The van der Waals surface area contributed by atoms with Gasteiger partial charge in [0.25, 0.3) is 0 Å². The highest BCUT2D eigenvalue weighted by molar-refractivity contribution is 5.92. The van der Waals surface area contributed by atoms with Crippen molar-refractivity contribution < 1.29 is 9.59 Å². The molecule has 1 atom stereocenters. The van der Waals surface area contributed by atoms with E-state index in [4.69, 9.17) is 0 Å². The lowest BCUT2D eigenvalue weighted by Gasteiger charge is -2.27. The number of hydrogen-bond donors (Lipinski definition) is 2. The van der Waals surface area contributed by atoms with Crippen molar-refractivity contribution >= 4 is 11.7 Å². The first-order valence-electron chi connectivity index (χ1n) is 6.27. The van der Waals surface area contributed by atoms with Gasteiger partial charge in [-0.05, 0) is 39.7 Å². The second kappa shape index (κ2) is 6.74. The minimum atomic E-state index is -0.790. The van der Waals surface area contributed by atoms with Crippen LogP contribution in [0.1, 0.15) is 48.0 Å². The molecule has 0 aromatic carbocycles. The Morgan fingerprint density at radius 3 is 2.12 bits per heavy atom. The summed E-state index contributed by atoms with van der Waals surface area (Å²) < 4.78 is 0. The summed E-state index contributed by atoms with van der Waals surface area (Å²) in [4.78, 5) is 23.4. The molecule has 2 N–H and O–H groups in total. The van der Waals surface area contributed by atoms with Crippen molar-refractivity contribution in [3.63, 3.8) is 0 Å². The van der Waals surface area contributed by atoms with E-state index in [1.165, 1.54) is 6.92 Å². The van der Waals surface area contributed by atoms with Crippen LogP contribution in [0.3, 0.4) is 0 Å². The minimum Gasteiger partial charge on any atom is -0.343 e. The molecule has 17 heavy (non-hydrogen) atoms. The molecule has 0 unspecified atom stereocenters. The van der Waals surface area contributed by atoms with E-state index in [2.05, 4.69) is 24.5 Å². The maximum absolute atomic E-state index is 12.1. The molecule has 0 aromatic rings. The molecule has 4 nitrogen and oxygen atoms in total. The van der Waals surface area contributed by atoms with Crippen LogP contribution >= 0.6 is 0 Å². The Balaban J connectivity index is 4.57. The maximum atomic E-state index is 12.1. The van der Waals surface area contributed by atoms with Gasteiger partial charge in [0.1, 0.15) is 0 Å². The summed E-state index contributed by atoms with van der Waals surface area (Å²) in [5.74, 6) is 0.302. The van der Waals surface area contributed by atoms with Gasteiger partial charge in [-0.1, -0.05) is 20.8 Å². The molecule has 0 bridgehead atoms. The monoisotopic (exact) mass is 242 g/mol. The highest BCUT2D eigenvalue weighted by Gasteiger charge is 2.29. The average molecular weight is 242 g/mol. The van der Waals surface area contributed by atoms with E-state index in [1.807, 2.05) is 6.92 Å². The number of amides is 1. The number of carbonyl (C=O) groups is 2. The molecule has 100 valence electrons. The fourth-order valence-corrected chi connectivity index (χ4v) is 1.48. The van der Waals surface area contributed by atoms with Crippen LogP contribution in [0.4, 0.5) is 0 Å². The molecule has 0 fully saturated rings. The zero-order valence-electron chi connectivity index (χ0n) is 11.9. The third-order valence-electron chi connectivity index (χ3n) is 2.79. The highest BCUT2D eigenvalue weighted by Crippen LogP contribution is 2.08. The van der Waals surface area contributed by atoms with Crippen LogP contribution in [0.2, 0.25) is 0 Å². The minimum absolute atomic E-state index is 0.0364. The largest absolute Gasteiger partial charge is 0.343 e. The van der Waals surface area contributed by atoms with Gasteiger partial charge in [-0.25, -0.2) is 0 Å². The molecule has 0 aliphatic carbocycles. The van der Waals surface area contributed by atoms with Crippen LogP contribution in [0.15, 0.2) is 0 Å². The van der Waals surface area contributed by atoms with E-state index in [0.717, 1.165) is 13.0 Å². The van der Waals surface area contributed by atoms with E-state index < -0.39 is 5.54 Å². The molecule has 0 saturated heterocycles. The van der Waals surface area contributed by atoms with Gasteiger partial charge in [0.05, 0.1) is 11.6 Å². The van der Waals surface area contributed by atoms with Gasteiger partial charge in [0.15, 0.2) is 5.78 Å². The van der Waals surface area contributed by atoms with E-state index >= 15 is 0 Å². The highest BCUT2D eigenvalue weighted by atomic mass is 16.2. The lowest BCUT2D eigenvalue weighted by molar-refractivity contribution is -0.131. The van der Waals surface area contributed by atoms with Gasteiger partial charge >= 0.3 is 0 Å². The summed E-state index contributed by atoms with van der Waals surface area (Å²) in [6, 6.07) is -0.223. The Hall–Kier alpha value is -0.900. The van der Waals surface area contributed by atoms with Crippen molar-refractivity contribution in [2.75, 3.05) is 6.54 Å². The number of Topliss-reactive ketones (excluding diaryl/α,β-unsaturated/α-hetero) is 1. The van der Waals surface area contributed by atoms with Gasteiger partial charge in [0, 0.05) is 0 Å². The third kappa shape index (κ3) is 5.82. The number of ketones is 1. The summed E-state index contributed by atoms with van der Waals surface area (Å²) in [6.45, 7) is 11.8. The van der Waals surface area contributed by atoms with Crippen molar-refractivity contribution in [3.05, 3.63) is 0 Å². The molecule has 0 aliphatic heterocycles. The van der Waals surface area contributed by atoms with Crippen LogP contribution in [-0.4, -0.2) is 29.8 Å². The predicted molar refractivity (Wildman–Crippen MR) is 69.8 cm³/mol. The Morgan fingerprint density at radius 2 is 1.76 bits per heavy atom. The molecule has 0 spiro atoms. The van der Waals surface area contributed by atoms with Gasteiger partial charge in [-0.15, -0.1) is 0 Å². The number of likely N-dealkylation sites (N-methyl/N-ethyl adjacent to an activating group) is 1. The first-order valence-corrected chi connectivity index (χ1v) is 6.27. The molecule has 0 saturated carbocycles. The van der Waals surface area contributed by atoms with Crippen molar-refractivity contribution in [1.29, 1.82) is 0 Å². The number of hydrogen-bond acceptors (Lipinski definition) is 3. The van der Waals surface area contributed by atoms with Crippen molar-refractivity contribution in [2.45, 2.75) is 59.5 Å². The molecule has 0 radical (unpaired) electrons. The molecular formula is C13H26N2O2. The SMILES string of the molecule is CCN[C@@H](CC(C)C)C(=O)NC(C)(C)C(C)=O. The van der Waals surface area contributed by atoms with Crippen molar-refractivity contribution in [1.82, 2.24) is 10.6 Å². The molecule has 0 rings (SSSR count). The Labute approximate surface area is 105 Å². The molecule has 1 amide bonds. The summed E-state index contributed by atoms with van der Waals surface area (Å²) >= 11 is 0. The number of nitrogens with one attached hydrogen (secondary N) is 2. The van der Waals surface area contributed by atoms with E-state index in [0.29, 0.717) is 5.92 Å². The Kier molecular flexibility index (Phi) is 6.39. The second-order valence-electron chi connectivity index (χ2n) is 5.41. The average Bonchev–Trinajstić information content (AvgIpc) is 2.15. The molecule has 0 heterocycles. The first kappa shape index (κ1) is 16.1. The quantitative estimate of drug-likeness (QED) is 0.711. The summed E-state index contributed by atoms with van der Waals surface area (Å²) in [7, 11) is 0. The summed E-state index contributed by atoms with van der Waals surface area (Å²) in [6.07, 6.45) is 0.771. The molecule has 4 heteroatoms. The Morgan fingerprint density at radius 1 is 1.24 bits per heavy atom. The van der Waals surface area contributed by atoms with E-state index in [-0.39, 0.29) is 17.7 Å². The maximum Gasteiger partial charge on any atom is 0.237 e. The summed E-state index contributed by atoms with van der Waals surface area (Å²) in [5.41, 5.74) is -0.790. The van der Waals surface area contributed by atoms with Gasteiger partial charge in [-0.2, -0.15) is 0 Å². The standard InChI is InChI=1S/C13H26N2O2/c1-7-14-11(8-9(2)3)12(17)15-13(5,6)10(4)16/h9,11,14H,7-8H2,1-6H3,(H,15,17)/t11-/m0/s1. The van der Waals surface area contributed by atoms with Crippen molar-refractivity contribution in [3.8, 4) is 0 Å². The zero-order valence-corrected chi connectivity index (χ0v) is 11.9. The van der Waals surface area contributed by atoms with E-state index in [9.17, 15) is 9.59 Å². The second-order valence-corrected chi connectivity index (χ2v) is 5.41. The molecular weight excluding hydrogens is 216 g/mol.